The molecule has 4 heterocycles. The first-order valence-electron chi connectivity index (χ1n) is 17.0. The van der Waals surface area contributed by atoms with E-state index in [-0.39, 0.29) is 0 Å². The summed E-state index contributed by atoms with van der Waals surface area (Å²) in [7, 11) is 0. The fraction of sp³-hybridized carbons (Fsp3) is 0. The molecule has 0 aliphatic heterocycles. The van der Waals surface area contributed by atoms with Crippen LogP contribution in [-0.4, -0.2) is 24.1 Å². The van der Waals surface area contributed by atoms with Crippen molar-refractivity contribution < 1.29 is 4.42 Å². The Balaban J connectivity index is 1.29. The Morgan fingerprint density at radius 3 is 1.59 bits per heavy atom. The lowest BCUT2D eigenvalue weighted by molar-refractivity contribution is 0.670. The molecule has 0 fully saturated rings. The zero-order chi connectivity index (χ0) is 33.5. The van der Waals surface area contributed by atoms with Crippen molar-refractivity contribution >= 4 is 65.6 Å². The first kappa shape index (κ1) is 27.9. The monoisotopic (exact) mass is 653 g/mol. The largest absolute Gasteiger partial charge is 0.454 e. The van der Waals surface area contributed by atoms with E-state index in [1.165, 1.54) is 10.8 Å². The highest BCUT2D eigenvalue weighted by molar-refractivity contribution is 6.21. The number of aromatic nitrogens is 5. The van der Waals surface area contributed by atoms with Crippen molar-refractivity contribution in [3.63, 3.8) is 0 Å². The third kappa shape index (κ3) is 4.14. The van der Waals surface area contributed by atoms with Gasteiger partial charge >= 0.3 is 0 Å². The van der Waals surface area contributed by atoms with Gasteiger partial charge in [-0.25, -0.2) is 4.98 Å². The summed E-state index contributed by atoms with van der Waals surface area (Å²) in [6.45, 7) is 0. The minimum atomic E-state index is 0.523. The van der Waals surface area contributed by atoms with Gasteiger partial charge < -0.3 is 8.98 Å². The summed E-state index contributed by atoms with van der Waals surface area (Å²) in [5, 5.41) is 6.70. The Morgan fingerprint density at radius 1 is 0.392 bits per heavy atom. The van der Waals surface area contributed by atoms with Crippen LogP contribution in [0.1, 0.15) is 0 Å². The highest BCUT2D eigenvalue weighted by Crippen LogP contribution is 2.41. The van der Waals surface area contributed by atoms with Crippen LogP contribution in [0.3, 0.4) is 0 Å². The molecule has 0 aliphatic rings. The zero-order valence-corrected chi connectivity index (χ0v) is 27.2. The van der Waals surface area contributed by atoms with E-state index in [1.807, 2.05) is 72.8 Å². The van der Waals surface area contributed by atoms with E-state index in [4.69, 9.17) is 19.4 Å². The molecule has 11 rings (SSSR count). The van der Waals surface area contributed by atoms with Crippen LogP contribution in [-0.2, 0) is 0 Å². The number of hydrogen-bond donors (Lipinski definition) is 0. The summed E-state index contributed by atoms with van der Waals surface area (Å²) in [6, 6.07) is 56.7. The smallest absolute Gasteiger partial charge is 0.238 e. The van der Waals surface area contributed by atoms with Gasteiger partial charge in [-0.3, -0.25) is 4.57 Å². The van der Waals surface area contributed by atoms with Gasteiger partial charge in [0, 0.05) is 49.1 Å². The van der Waals surface area contributed by atoms with Crippen molar-refractivity contribution in [3.05, 3.63) is 164 Å². The van der Waals surface area contributed by atoms with E-state index in [1.54, 1.807) is 0 Å². The second-order valence-corrected chi connectivity index (χ2v) is 12.9. The zero-order valence-electron chi connectivity index (χ0n) is 27.2. The molecule has 7 aromatic carbocycles. The number of para-hydroxylation sites is 3. The molecular formula is C45H27N5O. The molecule has 0 unspecified atom stereocenters. The fourth-order valence-electron chi connectivity index (χ4n) is 7.71. The summed E-state index contributed by atoms with van der Waals surface area (Å²) in [5.74, 6) is 1.73. The number of nitrogens with zero attached hydrogens (tertiary/aromatic N) is 5. The summed E-state index contributed by atoms with van der Waals surface area (Å²) in [6.07, 6.45) is 0. The Morgan fingerprint density at radius 2 is 0.922 bits per heavy atom. The van der Waals surface area contributed by atoms with Crippen molar-refractivity contribution in [1.82, 2.24) is 24.1 Å². The van der Waals surface area contributed by atoms with Crippen molar-refractivity contribution in [2.45, 2.75) is 0 Å². The molecule has 6 nitrogen and oxygen atoms in total. The Kier molecular flexibility index (Phi) is 5.86. The molecule has 6 heteroatoms. The normalized spacial score (nSPS) is 11.9. The van der Waals surface area contributed by atoms with Gasteiger partial charge in [0.15, 0.2) is 17.2 Å². The molecule has 0 atom stereocenters. The third-order valence-corrected chi connectivity index (χ3v) is 9.98. The Hall–Kier alpha value is -7.05. The molecule has 4 aromatic heterocycles. The van der Waals surface area contributed by atoms with Crippen LogP contribution in [0, 0.1) is 0 Å². The Bertz CT molecular complexity index is 3030. The molecule has 0 radical (unpaired) electrons. The maximum Gasteiger partial charge on any atom is 0.238 e. The molecule has 0 saturated heterocycles. The average molecular weight is 654 g/mol. The quantitative estimate of drug-likeness (QED) is 0.190. The molecule has 11 aromatic rings. The predicted molar refractivity (Wildman–Crippen MR) is 207 cm³/mol. The van der Waals surface area contributed by atoms with E-state index in [2.05, 4.69) is 100 Å². The van der Waals surface area contributed by atoms with Crippen LogP contribution < -0.4 is 0 Å². The minimum absolute atomic E-state index is 0.523. The van der Waals surface area contributed by atoms with Crippen molar-refractivity contribution in [2.24, 2.45) is 0 Å². The van der Waals surface area contributed by atoms with Gasteiger partial charge in [-0.15, -0.1) is 0 Å². The number of benzene rings is 7. The first-order chi connectivity index (χ1) is 25.3. The van der Waals surface area contributed by atoms with Gasteiger partial charge in [0.2, 0.25) is 5.95 Å². The number of furan rings is 1. The summed E-state index contributed by atoms with van der Waals surface area (Å²) >= 11 is 0. The molecule has 0 aliphatic carbocycles. The van der Waals surface area contributed by atoms with Gasteiger partial charge in [0.1, 0.15) is 11.1 Å². The van der Waals surface area contributed by atoms with Gasteiger partial charge in [-0.1, -0.05) is 127 Å². The third-order valence-electron chi connectivity index (χ3n) is 9.98. The summed E-state index contributed by atoms with van der Waals surface area (Å²) in [4.78, 5) is 15.4. The first-order valence-corrected chi connectivity index (χ1v) is 17.0. The van der Waals surface area contributed by atoms with Gasteiger partial charge in [-0.2, -0.15) is 9.97 Å². The maximum absolute atomic E-state index is 6.71. The lowest BCUT2D eigenvalue weighted by atomic mass is 10.1. The fourth-order valence-corrected chi connectivity index (χ4v) is 7.71. The maximum atomic E-state index is 6.71. The standard InChI is InChI=1S/C45H27N5O/c1-3-13-28(14-4-1)43-46-44(29-15-5-2-6-16-29)48-45(47-43)50-39-27-30(49-37-20-10-7-17-31(37)32-18-8-11-21-38(32)49)23-24-33(39)35-25-26-36-34-19-9-12-22-40(34)51-42(36)41(35)50/h1-27H. The highest BCUT2D eigenvalue weighted by atomic mass is 16.3. The van der Waals surface area contributed by atoms with Crippen molar-refractivity contribution in [1.29, 1.82) is 0 Å². The molecule has 0 amide bonds. The van der Waals surface area contributed by atoms with Crippen LogP contribution in [0.25, 0.3) is 100.0 Å². The van der Waals surface area contributed by atoms with E-state index in [0.29, 0.717) is 17.6 Å². The van der Waals surface area contributed by atoms with Crippen LogP contribution in [0.5, 0.6) is 0 Å². The number of rotatable bonds is 4. The highest BCUT2D eigenvalue weighted by Gasteiger charge is 2.23. The summed E-state index contributed by atoms with van der Waals surface area (Å²) in [5.41, 5.74) is 8.71. The van der Waals surface area contributed by atoms with E-state index >= 15 is 0 Å². The molecule has 0 N–H and O–H groups in total. The number of hydrogen-bond acceptors (Lipinski definition) is 4. The van der Waals surface area contributed by atoms with Crippen molar-refractivity contribution in [3.8, 4) is 34.4 Å². The van der Waals surface area contributed by atoms with E-state index in [0.717, 1.165) is 71.6 Å². The van der Waals surface area contributed by atoms with E-state index in [9.17, 15) is 0 Å². The summed E-state index contributed by atoms with van der Waals surface area (Å²) < 4.78 is 11.2. The van der Waals surface area contributed by atoms with Gasteiger partial charge in [0.05, 0.1) is 16.6 Å². The lowest BCUT2D eigenvalue weighted by Crippen LogP contribution is -2.06. The molecule has 238 valence electrons. The van der Waals surface area contributed by atoms with Crippen LogP contribution in [0.15, 0.2) is 168 Å². The lowest BCUT2D eigenvalue weighted by Gasteiger charge is -2.12. The second kappa shape index (κ2) is 10.7. The van der Waals surface area contributed by atoms with Crippen LogP contribution in [0.2, 0.25) is 0 Å². The molecule has 0 bridgehead atoms. The average Bonchev–Trinajstić information content (AvgIpc) is 3.86. The number of fused-ring (bicyclic) bond motifs is 10. The molecule has 0 saturated carbocycles. The molecular weight excluding hydrogens is 627 g/mol. The second-order valence-electron chi connectivity index (χ2n) is 12.9. The minimum Gasteiger partial charge on any atom is -0.454 e. The Labute approximate surface area is 291 Å². The molecule has 51 heavy (non-hydrogen) atoms. The van der Waals surface area contributed by atoms with Crippen LogP contribution in [0.4, 0.5) is 0 Å². The van der Waals surface area contributed by atoms with Gasteiger partial charge in [-0.05, 0) is 36.4 Å². The van der Waals surface area contributed by atoms with Crippen LogP contribution >= 0.6 is 0 Å². The van der Waals surface area contributed by atoms with Gasteiger partial charge in [0.25, 0.3) is 0 Å². The van der Waals surface area contributed by atoms with Crippen molar-refractivity contribution in [2.75, 3.05) is 0 Å². The topological polar surface area (TPSA) is 61.7 Å². The molecule has 0 spiro atoms. The van der Waals surface area contributed by atoms with E-state index < -0.39 is 0 Å². The predicted octanol–water partition coefficient (Wildman–Crippen LogP) is 11.3. The SMILES string of the molecule is c1ccc(-c2nc(-c3ccccc3)nc(-n3c4cc(-n5c6ccccc6c6ccccc65)ccc4c4ccc5c6ccccc6oc5c43)n2)cc1.